The van der Waals surface area contributed by atoms with Gasteiger partial charge in [-0.05, 0) is 62.2 Å². The lowest BCUT2D eigenvalue weighted by atomic mass is 9.93. The van der Waals surface area contributed by atoms with Crippen LogP contribution in [0.5, 0.6) is 0 Å². The summed E-state index contributed by atoms with van der Waals surface area (Å²) in [6, 6.07) is 9.31. The molecule has 0 aliphatic carbocycles. The summed E-state index contributed by atoms with van der Waals surface area (Å²) in [5, 5.41) is 13.7. The molecule has 0 saturated heterocycles. The molecular weight excluding hydrogens is 469 g/mol. The molecule has 9 heteroatoms. The van der Waals surface area contributed by atoms with Crippen LogP contribution in [-0.2, 0) is 7.05 Å². The maximum absolute atomic E-state index is 14.5. The molecule has 0 fully saturated rings. The molecule has 3 aromatic heterocycles. The molecule has 0 radical (unpaired) electrons. The minimum atomic E-state index is -0.240. The van der Waals surface area contributed by atoms with Crippen molar-refractivity contribution in [1.82, 2.24) is 34.0 Å². The Balaban J connectivity index is 1.59. The Morgan fingerprint density at radius 2 is 1.84 bits per heavy atom. The predicted octanol–water partition coefficient (Wildman–Crippen LogP) is 4.39. The number of benzene rings is 2. The van der Waals surface area contributed by atoms with Crippen molar-refractivity contribution in [1.29, 1.82) is 0 Å². The number of nitrogens with zero attached hydrogens (tertiary/aromatic N) is 6. The van der Waals surface area contributed by atoms with Gasteiger partial charge in [0.25, 0.3) is 0 Å². The first-order valence-electron chi connectivity index (χ1n) is 12.3. The van der Waals surface area contributed by atoms with Crippen molar-refractivity contribution in [3.63, 3.8) is 0 Å². The van der Waals surface area contributed by atoms with Crippen molar-refractivity contribution in [2.45, 2.75) is 32.7 Å². The second kappa shape index (κ2) is 8.41. The first kappa shape index (κ1) is 23.2. The van der Waals surface area contributed by atoms with Crippen molar-refractivity contribution < 1.29 is 4.39 Å². The van der Waals surface area contributed by atoms with E-state index < -0.39 is 0 Å². The number of fused-ring (bicyclic) bond motifs is 2. The van der Waals surface area contributed by atoms with Crippen molar-refractivity contribution in [2.75, 3.05) is 6.54 Å². The van der Waals surface area contributed by atoms with Gasteiger partial charge >= 0.3 is 5.69 Å². The quantitative estimate of drug-likeness (QED) is 0.374. The van der Waals surface area contributed by atoms with Crippen LogP contribution in [-0.4, -0.2) is 35.2 Å². The second-order valence-corrected chi connectivity index (χ2v) is 9.73. The predicted molar refractivity (Wildman–Crippen MR) is 142 cm³/mol. The fourth-order valence-corrected chi connectivity index (χ4v) is 5.32. The molecule has 2 aromatic carbocycles. The van der Waals surface area contributed by atoms with E-state index in [2.05, 4.69) is 23.9 Å². The first-order chi connectivity index (χ1) is 17.8. The zero-order valence-corrected chi connectivity index (χ0v) is 21.2. The van der Waals surface area contributed by atoms with E-state index in [1.165, 1.54) is 0 Å². The van der Waals surface area contributed by atoms with Gasteiger partial charge in [0.05, 0.1) is 28.8 Å². The fraction of sp³-hybridized carbons (Fsp3) is 0.250. The molecule has 0 spiro atoms. The Morgan fingerprint density at radius 1 is 1.11 bits per heavy atom. The van der Waals surface area contributed by atoms with Gasteiger partial charge in [0.15, 0.2) is 0 Å². The normalized spacial score (nSPS) is 17.3. The van der Waals surface area contributed by atoms with Crippen LogP contribution in [0.3, 0.4) is 0 Å². The largest absolute Gasteiger partial charge is 0.338 e. The van der Waals surface area contributed by atoms with Gasteiger partial charge in [0.2, 0.25) is 0 Å². The third kappa shape index (κ3) is 3.49. The molecule has 0 bridgehead atoms. The topological polar surface area (TPSA) is 74.6 Å². The highest BCUT2D eigenvalue weighted by atomic mass is 19.1. The SMILES string of the molecule is C=CC1CN[C@@H](C)c2c1nn(-c1cc(C)c(F)c(C)c1)c2-n1ccn(-c2ccc3c(cnn3C)c2)c1=O. The molecule has 5 aromatic rings. The molecule has 188 valence electrons. The van der Waals surface area contributed by atoms with Crippen LogP contribution >= 0.6 is 0 Å². The molecule has 37 heavy (non-hydrogen) atoms. The van der Waals surface area contributed by atoms with Crippen LogP contribution in [0.4, 0.5) is 4.39 Å². The van der Waals surface area contributed by atoms with Crippen LogP contribution in [0.15, 0.2) is 66.4 Å². The molecule has 1 aliphatic heterocycles. The van der Waals surface area contributed by atoms with Gasteiger partial charge in [-0.3, -0.25) is 13.8 Å². The van der Waals surface area contributed by atoms with Crippen molar-refractivity contribution in [2.24, 2.45) is 7.05 Å². The van der Waals surface area contributed by atoms with Gasteiger partial charge in [-0.15, -0.1) is 6.58 Å². The standard InChI is InChI=1S/C28H28FN7O/c1-6-19-14-30-18(4)24-26(19)32-36(22-11-16(2)25(29)17(3)12-22)27(24)35-10-9-34(28(35)37)21-7-8-23-20(13-21)15-31-33(23)5/h6-13,15,18-19,30H,1,14H2,2-5H3/t18-,19?/m0/s1. The highest BCUT2D eigenvalue weighted by Crippen LogP contribution is 2.36. The summed E-state index contributed by atoms with van der Waals surface area (Å²) in [5.74, 6) is 0.383. The molecule has 6 rings (SSSR count). The summed E-state index contributed by atoms with van der Waals surface area (Å²) >= 11 is 0. The number of aromatic nitrogens is 6. The summed E-state index contributed by atoms with van der Waals surface area (Å²) in [7, 11) is 1.89. The molecule has 1 unspecified atom stereocenters. The van der Waals surface area contributed by atoms with Crippen LogP contribution in [0.2, 0.25) is 0 Å². The third-order valence-corrected chi connectivity index (χ3v) is 7.32. The summed E-state index contributed by atoms with van der Waals surface area (Å²) in [6.45, 7) is 10.2. The lowest BCUT2D eigenvalue weighted by Crippen LogP contribution is -2.32. The average molecular weight is 498 g/mol. The van der Waals surface area contributed by atoms with E-state index in [0.29, 0.717) is 29.2 Å². The summed E-state index contributed by atoms with van der Waals surface area (Å²) in [5.41, 5.74) is 5.05. The highest BCUT2D eigenvalue weighted by Gasteiger charge is 2.33. The number of halogens is 1. The molecule has 1 aliphatic rings. The number of rotatable bonds is 4. The maximum Gasteiger partial charge on any atom is 0.338 e. The van der Waals surface area contributed by atoms with Crippen LogP contribution < -0.4 is 11.0 Å². The lowest BCUT2D eigenvalue weighted by molar-refractivity contribution is 0.508. The Labute approximate surface area is 213 Å². The van der Waals surface area contributed by atoms with E-state index in [-0.39, 0.29) is 23.5 Å². The average Bonchev–Trinajstić information content (AvgIpc) is 3.57. The van der Waals surface area contributed by atoms with Gasteiger partial charge in [0.1, 0.15) is 11.6 Å². The highest BCUT2D eigenvalue weighted by molar-refractivity contribution is 5.80. The van der Waals surface area contributed by atoms with Gasteiger partial charge in [-0.2, -0.15) is 10.2 Å². The first-order valence-corrected chi connectivity index (χ1v) is 12.3. The van der Waals surface area contributed by atoms with Gasteiger partial charge < -0.3 is 5.32 Å². The van der Waals surface area contributed by atoms with E-state index in [1.54, 1.807) is 63.1 Å². The van der Waals surface area contributed by atoms with Gasteiger partial charge in [-0.25, -0.2) is 13.9 Å². The fourth-order valence-electron chi connectivity index (χ4n) is 5.32. The zero-order chi connectivity index (χ0) is 26.0. The lowest BCUT2D eigenvalue weighted by Gasteiger charge is -2.25. The Morgan fingerprint density at radius 3 is 2.57 bits per heavy atom. The molecule has 0 saturated carbocycles. The van der Waals surface area contributed by atoms with Crippen LogP contribution in [0.1, 0.15) is 41.3 Å². The summed E-state index contributed by atoms with van der Waals surface area (Å²) in [6.07, 6.45) is 7.18. The maximum atomic E-state index is 14.5. The minimum Gasteiger partial charge on any atom is -0.309 e. The number of aryl methyl sites for hydroxylation is 3. The van der Waals surface area contributed by atoms with Gasteiger partial charge in [0, 0.05) is 48.9 Å². The smallest absolute Gasteiger partial charge is 0.309 e. The molecular formula is C28H28FN7O. The Kier molecular flexibility index (Phi) is 5.27. The van der Waals surface area contributed by atoms with E-state index in [9.17, 15) is 9.18 Å². The van der Waals surface area contributed by atoms with Crippen LogP contribution in [0.25, 0.3) is 28.1 Å². The van der Waals surface area contributed by atoms with Gasteiger partial charge in [-0.1, -0.05) is 6.08 Å². The summed E-state index contributed by atoms with van der Waals surface area (Å²) < 4.78 is 21.3. The number of hydrogen-bond acceptors (Lipinski definition) is 4. The van der Waals surface area contributed by atoms with Crippen LogP contribution in [0, 0.1) is 19.7 Å². The van der Waals surface area contributed by atoms with E-state index in [4.69, 9.17) is 5.10 Å². The van der Waals surface area contributed by atoms with E-state index in [1.807, 2.05) is 31.3 Å². The third-order valence-electron chi connectivity index (χ3n) is 7.32. The number of hydrogen-bond donors (Lipinski definition) is 1. The van der Waals surface area contributed by atoms with Crippen molar-refractivity contribution in [3.05, 3.63) is 100 Å². The second-order valence-electron chi connectivity index (χ2n) is 9.73. The zero-order valence-electron chi connectivity index (χ0n) is 21.2. The van der Waals surface area contributed by atoms with E-state index >= 15 is 0 Å². The molecule has 4 heterocycles. The number of imidazole rings is 1. The molecule has 0 amide bonds. The Bertz CT molecular complexity index is 1730. The monoisotopic (exact) mass is 497 g/mol. The molecule has 2 atom stereocenters. The summed E-state index contributed by atoms with van der Waals surface area (Å²) in [4.78, 5) is 13.9. The minimum absolute atomic E-state index is 0.0142. The number of nitrogens with one attached hydrogen (secondary N) is 1. The van der Waals surface area contributed by atoms with Crippen molar-refractivity contribution in [3.8, 4) is 17.2 Å². The molecule has 1 N–H and O–H groups in total. The van der Waals surface area contributed by atoms with E-state index in [0.717, 1.165) is 27.8 Å². The molecule has 8 nitrogen and oxygen atoms in total. The van der Waals surface area contributed by atoms with Crippen molar-refractivity contribution >= 4 is 10.9 Å². The Hall–Kier alpha value is -4.24.